The van der Waals surface area contributed by atoms with Gasteiger partial charge in [-0.15, -0.1) is 0 Å². The molecule has 150 valence electrons. The molecule has 3 rings (SSSR count). The van der Waals surface area contributed by atoms with Gasteiger partial charge in [0, 0.05) is 13.0 Å². The number of aliphatic carboxylic acids is 1. The normalized spacial score (nSPS) is 16.1. The van der Waals surface area contributed by atoms with Crippen LogP contribution in [-0.4, -0.2) is 46.3 Å². The van der Waals surface area contributed by atoms with E-state index in [1.54, 1.807) is 30.3 Å². The lowest BCUT2D eigenvalue weighted by molar-refractivity contribution is -0.143. The second-order valence-corrected chi connectivity index (χ2v) is 6.84. The van der Waals surface area contributed by atoms with Gasteiger partial charge in [-0.05, 0) is 24.1 Å². The molecule has 1 aliphatic rings. The molecule has 3 amide bonds. The first-order chi connectivity index (χ1) is 14.0. The van der Waals surface area contributed by atoms with Gasteiger partial charge in [-0.1, -0.05) is 48.5 Å². The van der Waals surface area contributed by atoms with Gasteiger partial charge in [-0.2, -0.15) is 0 Å². The molecule has 7 heteroatoms. The highest BCUT2D eigenvalue weighted by atomic mass is 16.4. The maximum Gasteiger partial charge on any atom is 0.303 e. The molecule has 2 aromatic rings. The lowest BCUT2D eigenvalue weighted by Crippen LogP contribution is -2.46. The number of para-hydroxylation sites is 1. The van der Waals surface area contributed by atoms with Crippen LogP contribution < -0.4 is 4.90 Å². The van der Waals surface area contributed by atoms with Crippen molar-refractivity contribution in [2.24, 2.45) is 0 Å². The van der Waals surface area contributed by atoms with Gasteiger partial charge in [0.05, 0.1) is 18.5 Å². The Labute approximate surface area is 168 Å². The van der Waals surface area contributed by atoms with Gasteiger partial charge >= 0.3 is 5.97 Å². The van der Waals surface area contributed by atoms with Crippen molar-refractivity contribution in [2.45, 2.75) is 31.7 Å². The molecule has 0 unspecified atom stereocenters. The summed E-state index contributed by atoms with van der Waals surface area (Å²) < 4.78 is 0. The van der Waals surface area contributed by atoms with Gasteiger partial charge in [0.25, 0.3) is 5.91 Å². The summed E-state index contributed by atoms with van der Waals surface area (Å²) in [5.41, 5.74) is 1.45. The lowest BCUT2D eigenvalue weighted by atomic mass is 10.1. The Morgan fingerprint density at radius 1 is 0.966 bits per heavy atom. The van der Waals surface area contributed by atoms with Crippen LogP contribution in [0.5, 0.6) is 0 Å². The molecule has 2 aromatic carbocycles. The summed E-state index contributed by atoms with van der Waals surface area (Å²) in [4.78, 5) is 51.6. The van der Waals surface area contributed by atoms with Crippen molar-refractivity contribution < 1.29 is 24.3 Å². The molecule has 0 saturated carbocycles. The molecule has 1 saturated heterocycles. The first-order valence-corrected chi connectivity index (χ1v) is 9.44. The van der Waals surface area contributed by atoms with E-state index in [0.29, 0.717) is 12.1 Å². The van der Waals surface area contributed by atoms with Crippen LogP contribution in [0.3, 0.4) is 0 Å². The summed E-state index contributed by atoms with van der Waals surface area (Å²) in [6.45, 7) is 0.231. The Morgan fingerprint density at radius 2 is 1.59 bits per heavy atom. The van der Waals surface area contributed by atoms with Crippen molar-refractivity contribution in [2.75, 3.05) is 11.4 Å². The molecule has 0 aliphatic carbocycles. The zero-order valence-electron chi connectivity index (χ0n) is 15.9. The van der Waals surface area contributed by atoms with E-state index in [-0.39, 0.29) is 31.7 Å². The number of hydrogen-bond donors (Lipinski definition) is 1. The third kappa shape index (κ3) is 4.87. The Balaban J connectivity index is 1.80. The minimum atomic E-state index is -1.08. The van der Waals surface area contributed by atoms with Gasteiger partial charge in [0.2, 0.25) is 11.8 Å². The maximum atomic E-state index is 13.0. The van der Waals surface area contributed by atoms with Crippen LogP contribution in [-0.2, 0) is 25.6 Å². The molecule has 1 N–H and O–H groups in total. The SMILES string of the molecule is O=C(O)CCC(=O)N(CCc1ccccc1)[C@@H]1CC(=O)N(c2ccccc2)C1=O. The second kappa shape index (κ2) is 9.14. The fourth-order valence-corrected chi connectivity index (χ4v) is 3.41. The molecule has 7 nitrogen and oxygen atoms in total. The summed E-state index contributed by atoms with van der Waals surface area (Å²) >= 11 is 0. The fraction of sp³-hybridized carbons (Fsp3) is 0.273. The summed E-state index contributed by atoms with van der Waals surface area (Å²) in [6, 6.07) is 17.1. The highest BCUT2D eigenvalue weighted by molar-refractivity contribution is 6.23. The van der Waals surface area contributed by atoms with E-state index >= 15 is 0 Å². The zero-order chi connectivity index (χ0) is 20.8. The summed E-state index contributed by atoms with van der Waals surface area (Å²) in [6.07, 6.45) is -0.143. The number of carboxylic acids is 1. The van der Waals surface area contributed by atoms with E-state index in [2.05, 4.69) is 0 Å². The molecule has 1 aliphatic heterocycles. The number of hydrogen-bond acceptors (Lipinski definition) is 4. The predicted octanol–water partition coefficient (Wildman–Crippen LogP) is 2.25. The number of nitrogens with zero attached hydrogens (tertiary/aromatic N) is 2. The van der Waals surface area contributed by atoms with E-state index < -0.39 is 23.8 Å². The van der Waals surface area contributed by atoms with Gasteiger partial charge < -0.3 is 10.0 Å². The van der Waals surface area contributed by atoms with Crippen LogP contribution in [0, 0.1) is 0 Å². The van der Waals surface area contributed by atoms with Gasteiger partial charge in [0.1, 0.15) is 6.04 Å². The van der Waals surface area contributed by atoms with Crippen LogP contribution in [0.1, 0.15) is 24.8 Å². The van der Waals surface area contributed by atoms with E-state index in [4.69, 9.17) is 5.11 Å². The molecule has 1 heterocycles. The molecule has 1 atom stereocenters. The molecule has 1 fully saturated rings. The third-order valence-corrected chi connectivity index (χ3v) is 4.87. The van der Waals surface area contributed by atoms with Crippen molar-refractivity contribution in [3.8, 4) is 0 Å². The molecule has 0 radical (unpaired) electrons. The van der Waals surface area contributed by atoms with E-state index in [0.717, 1.165) is 10.5 Å². The number of benzene rings is 2. The summed E-state index contributed by atoms with van der Waals surface area (Å²) in [5.74, 6) is -2.36. The van der Waals surface area contributed by atoms with Crippen molar-refractivity contribution >= 4 is 29.4 Å². The van der Waals surface area contributed by atoms with E-state index in [9.17, 15) is 19.2 Å². The minimum absolute atomic E-state index is 0.110. The number of carbonyl (C=O) groups excluding carboxylic acids is 3. The van der Waals surface area contributed by atoms with Crippen molar-refractivity contribution in [3.05, 3.63) is 66.2 Å². The quantitative estimate of drug-likeness (QED) is 0.693. The second-order valence-electron chi connectivity index (χ2n) is 6.84. The number of anilines is 1. The van der Waals surface area contributed by atoms with Crippen molar-refractivity contribution in [1.82, 2.24) is 4.90 Å². The van der Waals surface area contributed by atoms with Gasteiger partial charge in [0.15, 0.2) is 0 Å². The summed E-state index contributed by atoms with van der Waals surface area (Å²) in [7, 11) is 0. The minimum Gasteiger partial charge on any atom is -0.481 e. The molecule has 0 aromatic heterocycles. The van der Waals surface area contributed by atoms with Crippen LogP contribution in [0.25, 0.3) is 0 Å². The Morgan fingerprint density at radius 3 is 2.21 bits per heavy atom. The molecule has 0 spiro atoms. The Bertz CT molecular complexity index is 898. The highest BCUT2D eigenvalue weighted by Crippen LogP contribution is 2.26. The van der Waals surface area contributed by atoms with Crippen LogP contribution in [0.4, 0.5) is 5.69 Å². The number of amides is 3. The highest BCUT2D eigenvalue weighted by Gasteiger charge is 2.44. The zero-order valence-corrected chi connectivity index (χ0v) is 15.9. The Hall–Kier alpha value is -3.48. The van der Waals surface area contributed by atoms with Crippen LogP contribution in [0.15, 0.2) is 60.7 Å². The van der Waals surface area contributed by atoms with Gasteiger partial charge in [-0.25, -0.2) is 4.90 Å². The van der Waals surface area contributed by atoms with Gasteiger partial charge in [-0.3, -0.25) is 19.2 Å². The topological polar surface area (TPSA) is 95.0 Å². The largest absolute Gasteiger partial charge is 0.481 e. The number of rotatable bonds is 8. The number of carboxylic acid groups (broad SMARTS) is 1. The molecular weight excluding hydrogens is 372 g/mol. The monoisotopic (exact) mass is 394 g/mol. The Kier molecular flexibility index (Phi) is 6.39. The first kappa shape index (κ1) is 20.3. The molecule has 29 heavy (non-hydrogen) atoms. The summed E-state index contributed by atoms with van der Waals surface area (Å²) in [5, 5.41) is 8.90. The van der Waals surface area contributed by atoms with E-state index in [1.165, 1.54) is 4.90 Å². The van der Waals surface area contributed by atoms with Crippen LogP contribution >= 0.6 is 0 Å². The lowest BCUT2D eigenvalue weighted by Gasteiger charge is -2.27. The third-order valence-electron chi connectivity index (χ3n) is 4.87. The fourth-order valence-electron chi connectivity index (χ4n) is 3.41. The maximum absolute atomic E-state index is 13.0. The standard InChI is InChI=1S/C22H22N2O5/c25-19(11-12-21(27)28)23(14-13-16-7-3-1-4-8-16)18-15-20(26)24(22(18)29)17-9-5-2-6-10-17/h1-10,18H,11-15H2,(H,27,28)/t18-/m1/s1. The predicted molar refractivity (Wildman–Crippen MR) is 106 cm³/mol. The van der Waals surface area contributed by atoms with E-state index in [1.807, 2.05) is 30.3 Å². The van der Waals surface area contributed by atoms with Crippen LogP contribution in [0.2, 0.25) is 0 Å². The van der Waals surface area contributed by atoms with Crippen molar-refractivity contribution in [3.63, 3.8) is 0 Å². The first-order valence-electron chi connectivity index (χ1n) is 9.44. The average molecular weight is 394 g/mol. The molecule has 0 bridgehead atoms. The average Bonchev–Trinajstić information content (AvgIpc) is 3.02. The smallest absolute Gasteiger partial charge is 0.303 e. The number of imide groups is 1. The number of carbonyl (C=O) groups is 4. The van der Waals surface area contributed by atoms with Crippen molar-refractivity contribution in [1.29, 1.82) is 0 Å². The molecular formula is C22H22N2O5.